The molecule has 0 spiro atoms. The van der Waals surface area contributed by atoms with Crippen LogP contribution in [0.2, 0.25) is 0 Å². The zero-order valence-electron chi connectivity index (χ0n) is 18.6. The van der Waals surface area contributed by atoms with Crippen molar-refractivity contribution in [2.45, 2.75) is 58.4 Å². The zero-order chi connectivity index (χ0) is 22.2. The number of methoxy groups -OCH3 is 1. The van der Waals surface area contributed by atoms with Crippen LogP contribution in [0.5, 0.6) is 5.75 Å². The van der Waals surface area contributed by atoms with E-state index in [0.717, 1.165) is 19.3 Å². The summed E-state index contributed by atoms with van der Waals surface area (Å²) in [5, 5.41) is 3.03. The molecule has 1 aromatic carbocycles. The van der Waals surface area contributed by atoms with Crippen LogP contribution >= 0.6 is 0 Å². The molecule has 4 bridgehead atoms. The van der Waals surface area contributed by atoms with E-state index >= 15 is 0 Å². The van der Waals surface area contributed by atoms with E-state index in [1.54, 1.807) is 31.4 Å². The highest BCUT2D eigenvalue weighted by molar-refractivity contribution is 5.96. The number of hydrogen-bond acceptors (Lipinski definition) is 4. The second kappa shape index (κ2) is 8.52. The van der Waals surface area contributed by atoms with E-state index in [1.807, 2.05) is 13.8 Å². The van der Waals surface area contributed by atoms with E-state index in [1.165, 1.54) is 19.3 Å². The van der Waals surface area contributed by atoms with E-state index in [-0.39, 0.29) is 17.2 Å². The molecule has 3 amide bonds. The first-order valence-corrected chi connectivity index (χ1v) is 11.3. The molecule has 3 N–H and O–H groups in total. The fourth-order valence-corrected chi connectivity index (χ4v) is 6.23. The smallest absolute Gasteiger partial charge is 0.269 e. The van der Waals surface area contributed by atoms with Crippen molar-refractivity contribution in [2.75, 3.05) is 7.11 Å². The molecule has 4 fully saturated rings. The molecule has 0 aliphatic heterocycles. The molecule has 1 aromatic rings. The fourth-order valence-electron chi connectivity index (χ4n) is 6.23. The van der Waals surface area contributed by atoms with Crippen LogP contribution in [-0.4, -0.2) is 30.9 Å². The van der Waals surface area contributed by atoms with Gasteiger partial charge in [0.25, 0.3) is 11.8 Å². The summed E-state index contributed by atoms with van der Waals surface area (Å²) >= 11 is 0. The summed E-state index contributed by atoms with van der Waals surface area (Å²) in [7, 11) is 1.55. The Morgan fingerprint density at radius 1 is 0.935 bits per heavy atom. The molecular weight excluding hydrogens is 394 g/mol. The van der Waals surface area contributed by atoms with E-state index < -0.39 is 17.9 Å². The van der Waals surface area contributed by atoms with E-state index in [0.29, 0.717) is 29.1 Å². The average Bonchev–Trinajstić information content (AvgIpc) is 2.74. The van der Waals surface area contributed by atoms with Gasteiger partial charge in [-0.25, -0.2) is 0 Å². The van der Waals surface area contributed by atoms with Gasteiger partial charge in [0.1, 0.15) is 11.8 Å². The summed E-state index contributed by atoms with van der Waals surface area (Å²) in [5.74, 6) is 1.71. The largest absolute Gasteiger partial charge is 0.497 e. The van der Waals surface area contributed by atoms with Crippen molar-refractivity contribution in [3.63, 3.8) is 0 Å². The molecule has 0 radical (unpaired) electrons. The molecule has 0 aromatic heterocycles. The average molecular weight is 428 g/mol. The maximum absolute atomic E-state index is 13.3. The number of rotatable bonds is 6. The van der Waals surface area contributed by atoms with Gasteiger partial charge < -0.3 is 10.1 Å². The van der Waals surface area contributed by atoms with Crippen molar-refractivity contribution in [1.29, 1.82) is 0 Å². The Bertz CT molecular complexity index is 814. The maximum atomic E-state index is 13.3. The van der Waals surface area contributed by atoms with Gasteiger partial charge in [0.2, 0.25) is 5.91 Å². The number of hydrazine groups is 1. The molecule has 0 heterocycles. The van der Waals surface area contributed by atoms with Gasteiger partial charge in [0, 0.05) is 11.0 Å². The molecular formula is C24H33N3O4. The maximum Gasteiger partial charge on any atom is 0.269 e. The first-order chi connectivity index (χ1) is 14.8. The van der Waals surface area contributed by atoms with Crippen molar-refractivity contribution in [1.82, 2.24) is 16.2 Å². The lowest BCUT2D eigenvalue weighted by Gasteiger charge is -2.55. The van der Waals surface area contributed by atoms with Crippen LogP contribution in [-0.2, 0) is 9.59 Å². The molecule has 4 saturated carbocycles. The normalized spacial score (nSPS) is 29.4. The third kappa shape index (κ3) is 4.41. The lowest BCUT2D eigenvalue weighted by molar-refractivity contribution is -0.149. The highest BCUT2D eigenvalue weighted by Gasteiger charge is 2.55. The lowest BCUT2D eigenvalue weighted by Crippen LogP contribution is -2.59. The fraction of sp³-hybridized carbons (Fsp3) is 0.625. The van der Waals surface area contributed by atoms with Gasteiger partial charge in [0.15, 0.2) is 0 Å². The van der Waals surface area contributed by atoms with Gasteiger partial charge in [0.05, 0.1) is 7.11 Å². The summed E-state index contributed by atoms with van der Waals surface area (Å²) in [6.45, 7) is 3.80. The quantitative estimate of drug-likeness (QED) is 0.608. The zero-order valence-corrected chi connectivity index (χ0v) is 18.6. The summed E-state index contributed by atoms with van der Waals surface area (Å²) in [6, 6.07) is 5.90. The van der Waals surface area contributed by atoms with Crippen LogP contribution < -0.4 is 20.9 Å². The minimum Gasteiger partial charge on any atom is -0.497 e. The van der Waals surface area contributed by atoms with Crippen molar-refractivity contribution in [2.24, 2.45) is 29.1 Å². The van der Waals surface area contributed by atoms with Crippen LogP contribution in [0.1, 0.15) is 62.7 Å². The van der Waals surface area contributed by atoms with Crippen LogP contribution in [0.4, 0.5) is 0 Å². The number of amides is 3. The third-order valence-corrected chi connectivity index (χ3v) is 7.41. The Kier molecular flexibility index (Phi) is 5.95. The second-order valence-electron chi connectivity index (χ2n) is 10.1. The standard InChI is InChI=1S/C24H33N3O4/c1-14(2)20(22(29)27-26-21(28)18-4-6-19(31-3)7-5-18)25-23(30)24-11-15-8-16(12-24)10-17(9-15)13-24/h4-7,14-17,20H,8-13H2,1-3H3,(H,25,30)(H,26,28)(H,27,29)/t15?,16?,17?,20-,24?/m0/s1. The van der Waals surface area contributed by atoms with Crippen molar-refractivity contribution in [3.8, 4) is 5.75 Å². The number of carbonyl (C=O) groups is 3. The molecule has 4 aliphatic carbocycles. The Balaban J connectivity index is 1.36. The Hall–Kier alpha value is -2.57. The minimum absolute atomic E-state index is 0.0157. The number of nitrogens with one attached hydrogen (secondary N) is 3. The van der Waals surface area contributed by atoms with E-state index in [9.17, 15) is 14.4 Å². The lowest BCUT2D eigenvalue weighted by atomic mass is 9.49. The second-order valence-corrected chi connectivity index (χ2v) is 10.1. The SMILES string of the molecule is COc1ccc(C(=O)NNC(=O)[C@@H](NC(=O)C23CC4CC(CC(C4)C2)C3)C(C)C)cc1. The molecule has 7 heteroatoms. The van der Waals surface area contributed by atoms with Crippen LogP contribution in [0.3, 0.4) is 0 Å². The predicted molar refractivity (Wildman–Crippen MR) is 116 cm³/mol. The van der Waals surface area contributed by atoms with Crippen molar-refractivity contribution < 1.29 is 19.1 Å². The summed E-state index contributed by atoms with van der Waals surface area (Å²) in [5.41, 5.74) is 5.03. The highest BCUT2D eigenvalue weighted by Crippen LogP contribution is 2.60. The summed E-state index contributed by atoms with van der Waals surface area (Å²) in [6.07, 6.45) is 6.64. The van der Waals surface area contributed by atoms with E-state index in [2.05, 4.69) is 16.2 Å². The van der Waals surface area contributed by atoms with Crippen LogP contribution in [0.25, 0.3) is 0 Å². The van der Waals surface area contributed by atoms with Crippen LogP contribution in [0.15, 0.2) is 24.3 Å². The number of benzene rings is 1. The Labute approximate surface area is 183 Å². The van der Waals surface area contributed by atoms with Crippen LogP contribution in [0, 0.1) is 29.1 Å². The monoisotopic (exact) mass is 427 g/mol. The molecule has 4 aliphatic rings. The Morgan fingerprint density at radius 2 is 1.48 bits per heavy atom. The molecule has 0 unspecified atom stereocenters. The predicted octanol–water partition coefficient (Wildman–Crippen LogP) is 2.81. The van der Waals surface area contributed by atoms with Crippen molar-refractivity contribution >= 4 is 17.7 Å². The van der Waals surface area contributed by atoms with Gasteiger partial charge in [-0.1, -0.05) is 13.8 Å². The molecule has 5 rings (SSSR count). The topological polar surface area (TPSA) is 96.5 Å². The molecule has 31 heavy (non-hydrogen) atoms. The molecule has 0 saturated heterocycles. The molecule has 7 nitrogen and oxygen atoms in total. The Morgan fingerprint density at radius 3 is 1.97 bits per heavy atom. The van der Waals surface area contributed by atoms with E-state index in [4.69, 9.17) is 4.74 Å². The minimum atomic E-state index is -0.698. The first-order valence-electron chi connectivity index (χ1n) is 11.3. The molecule has 1 atom stereocenters. The third-order valence-electron chi connectivity index (χ3n) is 7.41. The van der Waals surface area contributed by atoms with Gasteiger partial charge in [-0.05, 0) is 86.5 Å². The molecule has 168 valence electrons. The van der Waals surface area contributed by atoms with Gasteiger partial charge >= 0.3 is 0 Å². The first kappa shape index (κ1) is 21.7. The van der Waals surface area contributed by atoms with Gasteiger partial charge in [-0.15, -0.1) is 0 Å². The highest BCUT2D eigenvalue weighted by atomic mass is 16.5. The summed E-state index contributed by atoms with van der Waals surface area (Å²) < 4.78 is 5.09. The number of carbonyl (C=O) groups excluding carboxylic acids is 3. The van der Waals surface area contributed by atoms with Gasteiger partial charge in [-0.2, -0.15) is 0 Å². The summed E-state index contributed by atoms with van der Waals surface area (Å²) in [4.78, 5) is 38.5. The van der Waals surface area contributed by atoms with Crippen molar-refractivity contribution in [3.05, 3.63) is 29.8 Å². The van der Waals surface area contributed by atoms with Gasteiger partial charge in [-0.3, -0.25) is 25.2 Å². The number of ether oxygens (including phenoxy) is 1. The number of hydrogen-bond donors (Lipinski definition) is 3.